The number of hydrogen-bond acceptors (Lipinski definition) is 3. The van der Waals surface area contributed by atoms with Crippen LogP contribution in [0.15, 0.2) is 42.5 Å². The molecule has 110 valence electrons. The van der Waals surface area contributed by atoms with Gasteiger partial charge < -0.3 is 15.8 Å². The third-order valence-corrected chi connectivity index (χ3v) is 3.17. The molecule has 0 saturated heterocycles. The summed E-state index contributed by atoms with van der Waals surface area (Å²) in [6.45, 7) is 4.37. The number of nitrogens with two attached hydrogens (primary N) is 1. The molecular formula is C17H20N2O2. The van der Waals surface area contributed by atoms with Crippen LogP contribution in [0, 0.1) is 13.8 Å². The second-order valence-corrected chi connectivity index (χ2v) is 5.01. The summed E-state index contributed by atoms with van der Waals surface area (Å²) in [7, 11) is 0. The Kier molecular flexibility index (Phi) is 4.95. The minimum atomic E-state index is -0.179. The highest BCUT2D eigenvalue weighted by molar-refractivity contribution is 5.92. The number of hydrogen-bond donors (Lipinski definition) is 2. The topological polar surface area (TPSA) is 64.3 Å². The average molecular weight is 284 g/mol. The summed E-state index contributed by atoms with van der Waals surface area (Å²) < 4.78 is 5.49. The van der Waals surface area contributed by atoms with Gasteiger partial charge in [0, 0.05) is 12.2 Å². The maximum absolute atomic E-state index is 11.9. The van der Waals surface area contributed by atoms with Crippen molar-refractivity contribution in [2.75, 3.05) is 11.9 Å². The molecule has 0 saturated carbocycles. The zero-order valence-corrected chi connectivity index (χ0v) is 12.3. The number of anilines is 1. The van der Waals surface area contributed by atoms with Crippen LogP contribution in [0.25, 0.3) is 0 Å². The highest BCUT2D eigenvalue weighted by atomic mass is 16.5. The molecular weight excluding hydrogens is 264 g/mol. The van der Waals surface area contributed by atoms with Crippen molar-refractivity contribution in [2.45, 2.75) is 20.4 Å². The molecule has 0 bridgehead atoms. The van der Waals surface area contributed by atoms with Crippen molar-refractivity contribution in [3.05, 3.63) is 59.2 Å². The average Bonchev–Trinajstić information content (AvgIpc) is 2.49. The maximum Gasteiger partial charge on any atom is 0.262 e. The predicted octanol–water partition coefficient (Wildman–Crippen LogP) is 2.78. The van der Waals surface area contributed by atoms with E-state index in [4.69, 9.17) is 10.5 Å². The van der Waals surface area contributed by atoms with Gasteiger partial charge in [-0.15, -0.1) is 0 Å². The van der Waals surface area contributed by atoms with Crippen molar-refractivity contribution >= 4 is 11.6 Å². The van der Waals surface area contributed by atoms with Gasteiger partial charge in [-0.2, -0.15) is 0 Å². The van der Waals surface area contributed by atoms with Gasteiger partial charge in [-0.25, -0.2) is 0 Å². The predicted molar refractivity (Wildman–Crippen MR) is 84.4 cm³/mol. The first kappa shape index (κ1) is 15.1. The van der Waals surface area contributed by atoms with Crippen molar-refractivity contribution in [1.29, 1.82) is 0 Å². The van der Waals surface area contributed by atoms with Crippen LogP contribution in [0.2, 0.25) is 0 Å². The molecule has 0 radical (unpaired) electrons. The van der Waals surface area contributed by atoms with Crippen LogP contribution in [0.1, 0.15) is 16.7 Å². The molecule has 0 aromatic heterocycles. The lowest BCUT2D eigenvalue weighted by Crippen LogP contribution is -2.20. The van der Waals surface area contributed by atoms with Gasteiger partial charge >= 0.3 is 0 Å². The van der Waals surface area contributed by atoms with Gasteiger partial charge in [-0.3, -0.25) is 4.79 Å². The first-order chi connectivity index (χ1) is 10.1. The van der Waals surface area contributed by atoms with Crippen LogP contribution in [-0.2, 0) is 11.3 Å². The SMILES string of the molecule is Cc1ccc(C)c(NC(=O)COc2cccc(CN)c2)c1. The summed E-state index contributed by atoms with van der Waals surface area (Å²) in [6, 6.07) is 13.4. The number of benzene rings is 2. The monoisotopic (exact) mass is 284 g/mol. The molecule has 0 unspecified atom stereocenters. The smallest absolute Gasteiger partial charge is 0.262 e. The number of amides is 1. The molecule has 2 aromatic rings. The van der Waals surface area contributed by atoms with E-state index in [9.17, 15) is 4.79 Å². The molecule has 0 atom stereocenters. The molecule has 0 aliphatic rings. The van der Waals surface area contributed by atoms with Gasteiger partial charge in [-0.1, -0.05) is 24.3 Å². The molecule has 0 fully saturated rings. The second kappa shape index (κ2) is 6.90. The lowest BCUT2D eigenvalue weighted by Gasteiger charge is -2.11. The zero-order valence-electron chi connectivity index (χ0n) is 12.3. The molecule has 1 amide bonds. The lowest BCUT2D eigenvalue weighted by molar-refractivity contribution is -0.118. The number of rotatable bonds is 5. The Morgan fingerprint density at radius 1 is 1.19 bits per heavy atom. The quantitative estimate of drug-likeness (QED) is 0.887. The molecule has 4 nitrogen and oxygen atoms in total. The fraction of sp³-hybridized carbons (Fsp3) is 0.235. The molecule has 0 aliphatic carbocycles. The van der Waals surface area contributed by atoms with E-state index in [0.717, 1.165) is 22.4 Å². The van der Waals surface area contributed by atoms with Crippen LogP contribution in [0.4, 0.5) is 5.69 Å². The largest absolute Gasteiger partial charge is 0.484 e. The summed E-state index contributed by atoms with van der Waals surface area (Å²) in [5.74, 6) is 0.468. The van der Waals surface area contributed by atoms with Crippen LogP contribution in [0.5, 0.6) is 5.75 Å². The molecule has 0 aliphatic heterocycles. The number of ether oxygens (including phenoxy) is 1. The second-order valence-electron chi connectivity index (χ2n) is 5.01. The van der Waals surface area contributed by atoms with Gasteiger partial charge in [0.15, 0.2) is 6.61 Å². The van der Waals surface area contributed by atoms with Crippen LogP contribution in [0.3, 0.4) is 0 Å². The Labute approximate surface area is 124 Å². The molecule has 4 heteroatoms. The summed E-state index contributed by atoms with van der Waals surface area (Å²) >= 11 is 0. The third kappa shape index (κ3) is 4.33. The van der Waals surface area contributed by atoms with Crippen molar-refractivity contribution in [1.82, 2.24) is 0 Å². The third-order valence-electron chi connectivity index (χ3n) is 3.17. The van der Waals surface area contributed by atoms with E-state index >= 15 is 0 Å². The summed E-state index contributed by atoms with van der Waals surface area (Å²) in [6.07, 6.45) is 0. The number of carbonyl (C=O) groups is 1. The van der Waals surface area contributed by atoms with Crippen molar-refractivity contribution in [3.63, 3.8) is 0 Å². The van der Waals surface area contributed by atoms with Crippen LogP contribution < -0.4 is 15.8 Å². The highest BCUT2D eigenvalue weighted by Gasteiger charge is 2.06. The molecule has 0 spiro atoms. The van der Waals surface area contributed by atoms with E-state index in [1.165, 1.54) is 0 Å². The Bertz CT molecular complexity index is 638. The van der Waals surface area contributed by atoms with Gasteiger partial charge in [0.2, 0.25) is 0 Å². The summed E-state index contributed by atoms with van der Waals surface area (Å²) in [4.78, 5) is 11.9. The van der Waals surface area contributed by atoms with Crippen LogP contribution in [-0.4, -0.2) is 12.5 Å². The maximum atomic E-state index is 11.9. The fourth-order valence-corrected chi connectivity index (χ4v) is 1.97. The Hall–Kier alpha value is -2.33. The van der Waals surface area contributed by atoms with E-state index < -0.39 is 0 Å². The van der Waals surface area contributed by atoms with E-state index in [1.807, 2.05) is 56.3 Å². The molecule has 0 heterocycles. The Morgan fingerprint density at radius 2 is 2.00 bits per heavy atom. The zero-order chi connectivity index (χ0) is 15.2. The summed E-state index contributed by atoms with van der Waals surface area (Å²) in [5.41, 5.74) is 9.50. The fourth-order valence-electron chi connectivity index (χ4n) is 1.97. The first-order valence-electron chi connectivity index (χ1n) is 6.87. The van der Waals surface area contributed by atoms with Gasteiger partial charge in [0.1, 0.15) is 5.75 Å². The summed E-state index contributed by atoms with van der Waals surface area (Å²) in [5, 5.41) is 2.86. The number of nitrogens with one attached hydrogen (secondary N) is 1. The van der Waals surface area contributed by atoms with E-state index in [0.29, 0.717) is 12.3 Å². The van der Waals surface area contributed by atoms with E-state index in [-0.39, 0.29) is 12.5 Å². The number of carbonyl (C=O) groups excluding carboxylic acids is 1. The number of aryl methyl sites for hydroxylation is 2. The van der Waals surface area contributed by atoms with Crippen molar-refractivity contribution in [2.24, 2.45) is 5.73 Å². The molecule has 2 rings (SSSR count). The standard InChI is InChI=1S/C17H20N2O2/c1-12-6-7-13(2)16(8-12)19-17(20)11-21-15-5-3-4-14(9-15)10-18/h3-9H,10-11,18H2,1-2H3,(H,19,20). The van der Waals surface area contributed by atoms with Gasteiger partial charge in [0.25, 0.3) is 5.91 Å². The lowest BCUT2D eigenvalue weighted by atomic mass is 10.1. The molecule has 2 aromatic carbocycles. The highest BCUT2D eigenvalue weighted by Crippen LogP contribution is 2.17. The van der Waals surface area contributed by atoms with Crippen molar-refractivity contribution in [3.8, 4) is 5.75 Å². The molecule has 21 heavy (non-hydrogen) atoms. The first-order valence-corrected chi connectivity index (χ1v) is 6.87. The Balaban J connectivity index is 1.94. The normalized spacial score (nSPS) is 10.2. The van der Waals surface area contributed by atoms with Gasteiger partial charge in [0.05, 0.1) is 0 Å². The van der Waals surface area contributed by atoms with Gasteiger partial charge in [-0.05, 0) is 48.7 Å². The Morgan fingerprint density at radius 3 is 2.76 bits per heavy atom. The minimum absolute atomic E-state index is 0.0264. The van der Waals surface area contributed by atoms with E-state index in [1.54, 1.807) is 0 Å². The minimum Gasteiger partial charge on any atom is -0.484 e. The molecule has 3 N–H and O–H groups in total. The van der Waals surface area contributed by atoms with Crippen molar-refractivity contribution < 1.29 is 9.53 Å². The van der Waals surface area contributed by atoms with E-state index in [2.05, 4.69) is 5.32 Å². The van der Waals surface area contributed by atoms with Crippen LogP contribution >= 0.6 is 0 Å².